The van der Waals surface area contributed by atoms with Crippen molar-refractivity contribution in [2.75, 3.05) is 7.11 Å². The molecule has 1 saturated heterocycles. The van der Waals surface area contributed by atoms with E-state index >= 15 is 0 Å². The number of benzene rings is 1. The zero-order valence-electron chi connectivity index (χ0n) is 15.9. The summed E-state index contributed by atoms with van der Waals surface area (Å²) in [5.74, 6) is 0.664. The van der Waals surface area contributed by atoms with Gasteiger partial charge in [-0.25, -0.2) is 4.39 Å². The van der Waals surface area contributed by atoms with Gasteiger partial charge < -0.3 is 18.6 Å². The van der Waals surface area contributed by atoms with E-state index in [1.54, 1.807) is 38.4 Å². The van der Waals surface area contributed by atoms with Crippen LogP contribution >= 0.6 is 0 Å². The van der Waals surface area contributed by atoms with Crippen molar-refractivity contribution < 1.29 is 18.4 Å². The van der Waals surface area contributed by atoms with Crippen LogP contribution in [0.5, 0.6) is 5.75 Å². The minimum Gasteiger partial charge on any atom is -0.497 e. The summed E-state index contributed by atoms with van der Waals surface area (Å²) in [5, 5.41) is 0.777. The third-order valence-corrected chi connectivity index (χ3v) is 5.23. The van der Waals surface area contributed by atoms with Crippen LogP contribution in [0.25, 0.3) is 17.0 Å². The number of rotatable bonds is 3. The monoisotopic (exact) mass is 359 g/mol. The van der Waals surface area contributed by atoms with Crippen molar-refractivity contribution in [3.8, 4) is 5.75 Å². The van der Waals surface area contributed by atoms with E-state index < -0.39 is 24.0 Å². The average Bonchev–Trinajstić information content (AvgIpc) is 2.79. The van der Waals surface area contributed by atoms with E-state index in [1.165, 1.54) is 10.6 Å². The van der Waals surface area contributed by atoms with Crippen molar-refractivity contribution >= 4 is 24.1 Å². The first-order valence-corrected chi connectivity index (χ1v) is 8.46. The fraction of sp³-hybridized carbons (Fsp3) is 0.421. The Morgan fingerprint density at radius 3 is 2.38 bits per heavy atom. The van der Waals surface area contributed by atoms with Gasteiger partial charge in [0.1, 0.15) is 11.5 Å². The van der Waals surface area contributed by atoms with E-state index in [0.29, 0.717) is 5.75 Å². The highest BCUT2D eigenvalue weighted by Crippen LogP contribution is 2.39. The maximum atomic E-state index is 14.8. The topological polar surface area (TPSA) is 49.7 Å². The van der Waals surface area contributed by atoms with Crippen LogP contribution in [-0.2, 0) is 16.4 Å². The molecule has 0 radical (unpaired) electrons. The molecule has 7 heteroatoms. The third kappa shape index (κ3) is 3.06. The molecule has 0 aliphatic carbocycles. The van der Waals surface area contributed by atoms with Gasteiger partial charge in [0.05, 0.1) is 23.8 Å². The Balaban J connectivity index is 2.04. The van der Waals surface area contributed by atoms with E-state index in [9.17, 15) is 9.18 Å². The lowest BCUT2D eigenvalue weighted by Crippen LogP contribution is -2.41. The number of nitrogens with zero attached hydrogens (tertiary/aromatic N) is 1. The van der Waals surface area contributed by atoms with Crippen LogP contribution in [0.15, 0.2) is 34.8 Å². The molecule has 0 atom stereocenters. The lowest BCUT2D eigenvalue weighted by Gasteiger charge is -2.32. The number of pyridine rings is 1. The molecule has 0 unspecified atom stereocenters. The predicted octanol–water partition coefficient (Wildman–Crippen LogP) is 3.49. The van der Waals surface area contributed by atoms with Gasteiger partial charge in [0.25, 0.3) is 5.56 Å². The number of halogens is 1. The Morgan fingerprint density at radius 1 is 1.19 bits per heavy atom. The molecule has 3 rings (SSSR count). The lowest BCUT2D eigenvalue weighted by molar-refractivity contribution is 0.00578. The molecule has 0 bridgehead atoms. The van der Waals surface area contributed by atoms with Crippen molar-refractivity contribution in [1.82, 2.24) is 4.57 Å². The van der Waals surface area contributed by atoms with Gasteiger partial charge in [-0.15, -0.1) is 0 Å². The SMILES string of the molecule is COc1ccc2c(c1)cc(C=C(F)B1OC(C)(C)C(C)(C)O1)c(=O)n2C. The Bertz CT molecular complexity index is 932. The molecule has 1 aromatic carbocycles. The number of hydrogen-bond acceptors (Lipinski definition) is 4. The summed E-state index contributed by atoms with van der Waals surface area (Å²) in [7, 11) is 2.09. The predicted molar refractivity (Wildman–Crippen MR) is 101 cm³/mol. The van der Waals surface area contributed by atoms with Crippen LogP contribution in [0.1, 0.15) is 33.3 Å². The van der Waals surface area contributed by atoms with E-state index in [0.717, 1.165) is 10.9 Å². The highest BCUT2D eigenvalue weighted by molar-refractivity contribution is 6.54. The molecule has 138 valence electrons. The molecule has 1 aromatic heterocycles. The first-order chi connectivity index (χ1) is 12.1. The van der Waals surface area contributed by atoms with Crippen LogP contribution in [0.3, 0.4) is 0 Å². The Hall–Kier alpha value is -2.12. The Morgan fingerprint density at radius 2 is 1.81 bits per heavy atom. The molecule has 2 aromatic rings. The molecule has 1 aliphatic rings. The van der Waals surface area contributed by atoms with Crippen LogP contribution in [-0.4, -0.2) is 30.0 Å². The van der Waals surface area contributed by atoms with Gasteiger partial charge in [0, 0.05) is 18.0 Å². The van der Waals surface area contributed by atoms with Crippen molar-refractivity contribution in [3.63, 3.8) is 0 Å². The van der Waals surface area contributed by atoms with Crippen LogP contribution in [0, 0.1) is 0 Å². The summed E-state index contributed by atoms with van der Waals surface area (Å²) in [5.41, 5.74) is -1.27. The molecule has 26 heavy (non-hydrogen) atoms. The average molecular weight is 359 g/mol. The number of ether oxygens (including phenoxy) is 1. The fourth-order valence-electron chi connectivity index (χ4n) is 2.89. The molecule has 0 saturated carbocycles. The zero-order valence-corrected chi connectivity index (χ0v) is 15.9. The smallest absolute Gasteiger partial charge is 0.497 e. The largest absolute Gasteiger partial charge is 0.525 e. The number of fused-ring (bicyclic) bond motifs is 1. The molecule has 1 aliphatic heterocycles. The highest BCUT2D eigenvalue weighted by Gasteiger charge is 2.53. The van der Waals surface area contributed by atoms with Crippen molar-refractivity contribution in [2.45, 2.75) is 38.9 Å². The van der Waals surface area contributed by atoms with Gasteiger partial charge in [-0.1, -0.05) is 0 Å². The van der Waals surface area contributed by atoms with Crippen LogP contribution in [0.2, 0.25) is 0 Å². The van der Waals surface area contributed by atoms with Gasteiger partial charge in [-0.3, -0.25) is 4.79 Å². The quantitative estimate of drug-likeness (QED) is 0.788. The van der Waals surface area contributed by atoms with Gasteiger partial charge in [0.2, 0.25) is 0 Å². The standard InChI is InChI=1S/C19H23BFNO4/c1-18(2)19(3,4)26-20(25-18)16(21)11-13-9-12-10-14(24-6)7-8-15(12)22(5)17(13)23/h7-11H,1-6H3. The molecular formula is C19H23BFNO4. The van der Waals surface area contributed by atoms with Gasteiger partial charge in [-0.05, 0) is 58.0 Å². The molecule has 2 heterocycles. The number of methoxy groups -OCH3 is 1. The maximum absolute atomic E-state index is 14.8. The third-order valence-electron chi connectivity index (χ3n) is 5.23. The lowest BCUT2D eigenvalue weighted by atomic mass is 9.87. The van der Waals surface area contributed by atoms with E-state index in [2.05, 4.69) is 0 Å². The molecular weight excluding hydrogens is 336 g/mol. The van der Waals surface area contributed by atoms with Gasteiger partial charge in [-0.2, -0.15) is 0 Å². The van der Waals surface area contributed by atoms with Crippen LogP contribution in [0.4, 0.5) is 4.39 Å². The summed E-state index contributed by atoms with van der Waals surface area (Å²) in [6, 6.07) is 7.03. The normalized spacial score (nSPS) is 19.2. The second-order valence-corrected chi connectivity index (χ2v) is 7.51. The number of aromatic nitrogens is 1. The minimum absolute atomic E-state index is 0.223. The number of aryl methyl sites for hydroxylation is 1. The second kappa shape index (κ2) is 6.25. The molecule has 1 fully saturated rings. The fourth-order valence-corrected chi connectivity index (χ4v) is 2.89. The molecule has 5 nitrogen and oxygen atoms in total. The Labute approximate surface area is 152 Å². The summed E-state index contributed by atoms with van der Waals surface area (Å²) in [4.78, 5) is 12.6. The molecule has 0 N–H and O–H groups in total. The summed E-state index contributed by atoms with van der Waals surface area (Å²) >= 11 is 0. The van der Waals surface area contributed by atoms with E-state index in [-0.39, 0.29) is 11.1 Å². The molecule has 0 spiro atoms. The number of hydrogen-bond donors (Lipinski definition) is 0. The first kappa shape index (κ1) is 18.7. The second-order valence-electron chi connectivity index (χ2n) is 7.51. The minimum atomic E-state index is -1.13. The van der Waals surface area contributed by atoms with Crippen LogP contribution < -0.4 is 10.3 Å². The summed E-state index contributed by atoms with van der Waals surface area (Å²) in [6.07, 6.45) is 1.18. The van der Waals surface area contributed by atoms with E-state index in [1.807, 2.05) is 27.7 Å². The summed E-state index contributed by atoms with van der Waals surface area (Å²) < 4.78 is 32.9. The summed E-state index contributed by atoms with van der Waals surface area (Å²) in [6.45, 7) is 7.40. The van der Waals surface area contributed by atoms with Crippen molar-refractivity contribution in [2.24, 2.45) is 7.05 Å². The molecule has 0 amide bonds. The zero-order chi connectivity index (χ0) is 19.3. The maximum Gasteiger partial charge on any atom is 0.525 e. The van der Waals surface area contributed by atoms with Gasteiger partial charge >= 0.3 is 7.12 Å². The Kier molecular flexibility index (Phi) is 4.49. The first-order valence-electron chi connectivity index (χ1n) is 8.46. The van der Waals surface area contributed by atoms with E-state index in [4.69, 9.17) is 14.0 Å². The van der Waals surface area contributed by atoms with Gasteiger partial charge in [0.15, 0.2) is 0 Å². The van der Waals surface area contributed by atoms with Crippen molar-refractivity contribution in [3.05, 3.63) is 45.9 Å². The highest BCUT2D eigenvalue weighted by atomic mass is 19.1. The van der Waals surface area contributed by atoms with Crippen molar-refractivity contribution in [1.29, 1.82) is 0 Å².